The molecule has 0 N–H and O–H groups in total. The van der Waals surface area contributed by atoms with Crippen LogP contribution in [-0.4, -0.2) is 35.6 Å². The summed E-state index contributed by atoms with van der Waals surface area (Å²) in [5, 5.41) is 0. The van der Waals surface area contributed by atoms with Crippen LogP contribution in [0.3, 0.4) is 0 Å². The highest BCUT2D eigenvalue weighted by molar-refractivity contribution is 6.24. The molecule has 1 heterocycles. The number of alkyl halides is 1. The number of hydrogen-bond donors (Lipinski definition) is 0. The fourth-order valence-corrected chi connectivity index (χ4v) is 2.88. The summed E-state index contributed by atoms with van der Waals surface area (Å²) in [6.07, 6.45) is 0.256. The summed E-state index contributed by atoms with van der Waals surface area (Å²) in [4.78, 5) is 2.13. The number of rotatable bonds is 4. The molecule has 2 atom stereocenters. The topological polar surface area (TPSA) is 12.5 Å². The molecule has 1 aliphatic rings. The predicted molar refractivity (Wildman–Crippen MR) is 71.4 cm³/mol. The molecule has 1 aromatic carbocycles. The van der Waals surface area contributed by atoms with Crippen LogP contribution in [0.15, 0.2) is 30.3 Å². The zero-order valence-electron chi connectivity index (χ0n) is 10.7. The van der Waals surface area contributed by atoms with Crippen molar-refractivity contribution < 1.29 is 4.74 Å². The summed E-state index contributed by atoms with van der Waals surface area (Å²) in [5.74, 6) is 0. The average molecular weight is 254 g/mol. The van der Waals surface area contributed by atoms with Crippen LogP contribution in [-0.2, 0) is 11.3 Å². The van der Waals surface area contributed by atoms with Gasteiger partial charge in [0.15, 0.2) is 0 Å². The first-order valence-electron chi connectivity index (χ1n) is 6.02. The van der Waals surface area contributed by atoms with Crippen molar-refractivity contribution in [2.75, 3.05) is 13.7 Å². The van der Waals surface area contributed by atoms with Crippen molar-refractivity contribution in [3.05, 3.63) is 35.9 Å². The number of hydrogen-bond acceptors (Lipinski definition) is 2. The maximum Gasteiger partial charge on any atom is 0.0870 e. The molecule has 1 aliphatic heterocycles. The monoisotopic (exact) mass is 253 g/mol. The van der Waals surface area contributed by atoms with Crippen molar-refractivity contribution in [1.29, 1.82) is 0 Å². The highest BCUT2D eigenvalue weighted by Gasteiger charge is 2.47. The summed E-state index contributed by atoms with van der Waals surface area (Å²) in [7, 11) is 1.76. The largest absolute Gasteiger partial charge is 0.378 e. The molecular weight excluding hydrogens is 234 g/mol. The van der Waals surface area contributed by atoms with Gasteiger partial charge in [-0.15, -0.1) is 11.6 Å². The second-order valence-corrected chi connectivity index (χ2v) is 6.17. The molecule has 17 heavy (non-hydrogen) atoms. The lowest BCUT2D eigenvalue weighted by molar-refractivity contribution is -0.101. The Morgan fingerprint density at radius 3 is 2.53 bits per heavy atom. The molecule has 1 fully saturated rings. The third-order valence-corrected chi connectivity index (χ3v) is 3.62. The Hall–Kier alpha value is -0.570. The van der Waals surface area contributed by atoms with E-state index < -0.39 is 0 Å². The van der Waals surface area contributed by atoms with E-state index in [9.17, 15) is 0 Å². The molecule has 0 radical (unpaired) electrons. The lowest BCUT2D eigenvalue weighted by atomic mass is 9.87. The quantitative estimate of drug-likeness (QED) is 0.765. The van der Waals surface area contributed by atoms with Crippen molar-refractivity contribution in [3.8, 4) is 0 Å². The summed E-state index contributed by atoms with van der Waals surface area (Å²) in [6, 6.07) is 10.8. The predicted octanol–water partition coefficient (Wildman–Crippen LogP) is 2.90. The van der Waals surface area contributed by atoms with E-state index in [1.807, 2.05) is 6.07 Å². The molecule has 0 aliphatic carbocycles. The molecule has 0 unspecified atom stereocenters. The van der Waals surface area contributed by atoms with Gasteiger partial charge in [-0.25, -0.2) is 0 Å². The van der Waals surface area contributed by atoms with Gasteiger partial charge in [0, 0.05) is 20.2 Å². The van der Waals surface area contributed by atoms with Crippen LogP contribution in [0.2, 0.25) is 0 Å². The van der Waals surface area contributed by atoms with Gasteiger partial charge in [-0.05, 0) is 19.4 Å². The Morgan fingerprint density at radius 1 is 1.35 bits per heavy atom. The van der Waals surface area contributed by atoms with Crippen molar-refractivity contribution in [1.82, 2.24) is 4.90 Å². The van der Waals surface area contributed by atoms with Gasteiger partial charge >= 0.3 is 0 Å². The van der Waals surface area contributed by atoms with Gasteiger partial charge in [-0.2, -0.15) is 0 Å². The number of nitrogens with zero attached hydrogens (tertiary/aromatic N) is 1. The third kappa shape index (κ3) is 2.82. The highest BCUT2D eigenvalue weighted by Crippen LogP contribution is 2.35. The van der Waals surface area contributed by atoms with Gasteiger partial charge < -0.3 is 4.74 Å². The van der Waals surface area contributed by atoms with Crippen LogP contribution >= 0.6 is 11.6 Å². The van der Waals surface area contributed by atoms with E-state index in [0.29, 0.717) is 0 Å². The van der Waals surface area contributed by atoms with E-state index in [0.717, 1.165) is 13.1 Å². The molecule has 94 valence electrons. The molecule has 0 amide bonds. The van der Waals surface area contributed by atoms with Gasteiger partial charge in [-0.1, -0.05) is 30.3 Å². The Morgan fingerprint density at radius 2 is 2.00 bits per heavy atom. The first kappa shape index (κ1) is 12.9. The van der Waals surface area contributed by atoms with Gasteiger partial charge in [0.05, 0.1) is 17.0 Å². The van der Waals surface area contributed by atoms with Crippen LogP contribution in [0, 0.1) is 0 Å². The third-order valence-electron chi connectivity index (χ3n) is 3.39. The van der Waals surface area contributed by atoms with Crippen molar-refractivity contribution in [2.45, 2.75) is 37.4 Å². The Balaban J connectivity index is 2.03. The summed E-state index contributed by atoms with van der Waals surface area (Å²) < 4.78 is 5.47. The second kappa shape index (κ2) is 4.97. The van der Waals surface area contributed by atoms with Gasteiger partial charge in [0.2, 0.25) is 0 Å². The van der Waals surface area contributed by atoms with E-state index in [1.165, 1.54) is 5.56 Å². The smallest absolute Gasteiger partial charge is 0.0870 e. The van der Waals surface area contributed by atoms with E-state index >= 15 is 0 Å². The normalized spacial score (nSPS) is 25.6. The zero-order valence-corrected chi connectivity index (χ0v) is 11.4. The number of likely N-dealkylation sites (tertiary alicyclic amines) is 1. The van der Waals surface area contributed by atoms with E-state index in [4.69, 9.17) is 16.3 Å². The molecule has 0 bridgehead atoms. The van der Waals surface area contributed by atoms with E-state index in [-0.39, 0.29) is 17.0 Å². The summed E-state index contributed by atoms with van der Waals surface area (Å²) in [6.45, 7) is 6.03. The Bertz CT molecular complexity index is 360. The van der Waals surface area contributed by atoms with Crippen molar-refractivity contribution >= 4 is 11.6 Å². The van der Waals surface area contributed by atoms with Crippen molar-refractivity contribution in [2.24, 2.45) is 0 Å². The number of halogens is 1. The van der Waals surface area contributed by atoms with E-state index in [1.54, 1.807) is 7.11 Å². The minimum atomic E-state index is -0.256. The lowest BCUT2D eigenvalue weighted by Crippen LogP contribution is -2.66. The first-order chi connectivity index (χ1) is 8.02. The number of ether oxygens (including phenoxy) is 1. The maximum atomic E-state index is 6.45. The minimum absolute atomic E-state index is 0.256. The SMILES string of the molecule is CO[C@@H]1CN(Cc2ccccc2)[C@@H]1C(C)(C)Cl. The molecule has 0 saturated carbocycles. The van der Waals surface area contributed by atoms with E-state index in [2.05, 4.69) is 43.0 Å². The molecule has 3 heteroatoms. The summed E-state index contributed by atoms with van der Waals surface area (Å²) >= 11 is 6.45. The molecule has 1 saturated heterocycles. The molecule has 0 aromatic heterocycles. The average Bonchev–Trinajstić information content (AvgIpc) is 2.22. The van der Waals surface area contributed by atoms with Crippen LogP contribution < -0.4 is 0 Å². The lowest BCUT2D eigenvalue weighted by Gasteiger charge is -2.52. The van der Waals surface area contributed by atoms with Crippen LogP contribution in [0.25, 0.3) is 0 Å². The van der Waals surface area contributed by atoms with Gasteiger partial charge in [-0.3, -0.25) is 4.90 Å². The fourth-order valence-electron chi connectivity index (χ4n) is 2.60. The van der Waals surface area contributed by atoms with Crippen LogP contribution in [0.5, 0.6) is 0 Å². The number of benzene rings is 1. The van der Waals surface area contributed by atoms with Gasteiger partial charge in [0.25, 0.3) is 0 Å². The zero-order chi connectivity index (χ0) is 12.5. The summed E-state index contributed by atoms with van der Waals surface area (Å²) in [5.41, 5.74) is 1.33. The van der Waals surface area contributed by atoms with Crippen LogP contribution in [0.4, 0.5) is 0 Å². The number of methoxy groups -OCH3 is 1. The Labute approximate surface area is 109 Å². The maximum absolute atomic E-state index is 6.45. The van der Waals surface area contributed by atoms with Crippen LogP contribution in [0.1, 0.15) is 19.4 Å². The first-order valence-corrected chi connectivity index (χ1v) is 6.40. The Kier molecular flexibility index (Phi) is 3.76. The van der Waals surface area contributed by atoms with Crippen molar-refractivity contribution in [3.63, 3.8) is 0 Å². The molecule has 0 spiro atoms. The second-order valence-electron chi connectivity index (χ2n) is 5.20. The molecule has 1 aromatic rings. The molecule has 2 rings (SSSR count). The van der Waals surface area contributed by atoms with Gasteiger partial charge in [0.1, 0.15) is 0 Å². The fraction of sp³-hybridized carbons (Fsp3) is 0.571. The minimum Gasteiger partial charge on any atom is -0.378 e. The molecule has 2 nitrogen and oxygen atoms in total. The highest BCUT2D eigenvalue weighted by atomic mass is 35.5. The standard InChI is InChI=1S/C14H20ClNO/c1-14(2,15)13-12(17-3)10-16(13)9-11-7-5-4-6-8-11/h4-8,12-13H,9-10H2,1-3H3/t12-,13+/m1/s1. The molecular formula is C14H20ClNO.